The zero-order valence-corrected chi connectivity index (χ0v) is 14.4. The average molecular weight is 349 g/mol. The monoisotopic (exact) mass is 349 g/mol. The molecule has 4 heteroatoms. The Labute approximate surface area is 155 Å². The van der Waals surface area contributed by atoms with Gasteiger partial charge < -0.3 is 5.32 Å². The molecule has 0 aliphatic heterocycles. The van der Waals surface area contributed by atoms with Crippen LogP contribution >= 0.6 is 0 Å². The summed E-state index contributed by atoms with van der Waals surface area (Å²) in [4.78, 5) is 21.9. The molecule has 1 N–H and O–H groups in total. The molecule has 0 saturated heterocycles. The molecule has 27 heavy (non-hydrogen) atoms. The van der Waals surface area contributed by atoms with Gasteiger partial charge in [0.2, 0.25) is 0 Å². The van der Waals surface area contributed by atoms with Gasteiger partial charge in [0.1, 0.15) is 0 Å². The predicted octanol–water partition coefficient (Wildman–Crippen LogP) is 5.19. The third kappa shape index (κ3) is 2.68. The van der Waals surface area contributed by atoms with Gasteiger partial charge >= 0.3 is 0 Å². The van der Waals surface area contributed by atoms with Crippen molar-refractivity contribution >= 4 is 44.2 Å². The molecule has 0 atom stereocenters. The number of nitrogens with one attached hydrogen (secondary N) is 1. The van der Waals surface area contributed by atoms with E-state index in [9.17, 15) is 4.79 Å². The molecule has 0 fully saturated rings. The molecule has 0 aliphatic carbocycles. The van der Waals surface area contributed by atoms with Crippen LogP contribution in [0.15, 0.2) is 85.2 Å². The zero-order chi connectivity index (χ0) is 18.2. The second-order valence-corrected chi connectivity index (χ2v) is 6.42. The molecule has 0 bridgehead atoms. The van der Waals surface area contributed by atoms with Crippen LogP contribution in [-0.2, 0) is 0 Å². The van der Waals surface area contributed by atoms with Gasteiger partial charge in [0.05, 0.1) is 28.5 Å². The van der Waals surface area contributed by atoms with Gasteiger partial charge in [-0.25, -0.2) is 0 Å². The van der Waals surface area contributed by atoms with E-state index in [1.54, 1.807) is 12.4 Å². The van der Waals surface area contributed by atoms with Gasteiger partial charge in [0, 0.05) is 17.0 Å². The number of para-hydroxylation sites is 1. The van der Waals surface area contributed by atoms with E-state index in [2.05, 4.69) is 15.3 Å². The van der Waals surface area contributed by atoms with Gasteiger partial charge in [-0.1, -0.05) is 48.5 Å². The number of carbonyl (C=O) groups excluding carboxylic acids is 1. The van der Waals surface area contributed by atoms with E-state index in [0.29, 0.717) is 16.8 Å². The molecule has 4 nitrogen and oxygen atoms in total. The number of hydrogen-bond acceptors (Lipinski definition) is 3. The summed E-state index contributed by atoms with van der Waals surface area (Å²) in [7, 11) is 0. The summed E-state index contributed by atoms with van der Waals surface area (Å²) in [5.41, 5.74) is 2.81. The minimum absolute atomic E-state index is 0.193. The van der Waals surface area contributed by atoms with Gasteiger partial charge in [-0.05, 0) is 35.0 Å². The normalized spacial score (nSPS) is 11.1. The minimum Gasteiger partial charge on any atom is -0.321 e. The molecule has 0 spiro atoms. The molecule has 0 unspecified atom stereocenters. The van der Waals surface area contributed by atoms with Crippen LogP contribution in [0.4, 0.5) is 5.69 Å². The van der Waals surface area contributed by atoms with Crippen molar-refractivity contribution in [1.82, 2.24) is 9.97 Å². The lowest BCUT2D eigenvalue weighted by atomic mass is 10.0. The van der Waals surface area contributed by atoms with E-state index in [1.807, 2.05) is 72.8 Å². The predicted molar refractivity (Wildman–Crippen MR) is 109 cm³/mol. The Morgan fingerprint density at radius 3 is 2.48 bits per heavy atom. The number of fused-ring (bicyclic) bond motifs is 4. The van der Waals surface area contributed by atoms with Crippen molar-refractivity contribution in [3.63, 3.8) is 0 Å². The minimum atomic E-state index is -0.193. The van der Waals surface area contributed by atoms with Crippen molar-refractivity contribution in [3.05, 3.63) is 90.8 Å². The first-order valence-corrected chi connectivity index (χ1v) is 8.72. The summed E-state index contributed by atoms with van der Waals surface area (Å²) < 4.78 is 0. The van der Waals surface area contributed by atoms with Gasteiger partial charge in [-0.15, -0.1) is 0 Å². The van der Waals surface area contributed by atoms with E-state index >= 15 is 0 Å². The van der Waals surface area contributed by atoms with Gasteiger partial charge in [0.25, 0.3) is 5.91 Å². The van der Waals surface area contributed by atoms with Crippen LogP contribution in [0.5, 0.6) is 0 Å². The van der Waals surface area contributed by atoms with E-state index in [0.717, 1.165) is 27.1 Å². The number of carbonyl (C=O) groups is 1. The van der Waals surface area contributed by atoms with Crippen LogP contribution in [0.1, 0.15) is 10.4 Å². The Kier molecular flexibility index (Phi) is 3.54. The second-order valence-electron chi connectivity index (χ2n) is 6.42. The fourth-order valence-electron chi connectivity index (χ4n) is 3.44. The molecule has 0 radical (unpaired) electrons. The summed E-state index contributed by atoms with van der Waals surface area (Å²) in [6.45, 7) is 0. The smallest absolute Gasteiger partial charge is 0.257 e. The molecule has 0 saturated carbocycles. The van der Waals surface area contributed by atoms with Crippen molar-refractivity contribution < 1.29 is 4.79 Å². The summed E-state index contributed by atoms with van der Waals surface area (Å²) in [6.07, 6.45) is 3.39. The fraction of sp³-hybridized carbons (Fsp3) is 0. The maximum Gasteiger partial charge on any atom is 0.257 e. The highest BCUT2D eigenvalue weighted by Gasteiger charge is 2.14. The number of benzene rings is 3. The van der Waals surface area contributed by atoms with E-state index in [4.69, 9.17) is 0 Å². The number of aromatic nitrogens is 2. The molecule has 0 aliphatic rings. The second kappa shape index (κ2) is 6.18. The van der Waals surface area contributed by atoms with Crippen LogP contribution < -0.4 is 5.32 Å². The number of amides is 1. The summed E-state index contributed by atoms with van der Waals surface area (Å²) >= 11 is 0. The molecular formula is C23H15N3O. The summed E-state index contributed by atoms with van der Waals surface area (Å²) in [5, 5.41) is 7.02. The first-order valence-electron chi connectivity index (χ1n) is 8.72. The highest BCUT2D eigenvalue weighted by atomic mass is 16.1. The summed E-state index contributed by atoms with van der Waals surface area (Å²) in [6, 6.07) is 23.6. The fourth-order valence-corrected chi connectivity index (χ4v) is 3.44. The lowest BCUT2D eigenvalue weighted by Gasteiger charge is -2.10. The third-order valence-corrected chi connectivity index (χ3v) is 4.71. The van der Waals surface area contributed by atoms with Crippen LogP contribution in [0, 0.1) is 0 Å². The van der Waals surface area contributed by atoms with Crippen molar-refractivity contribution in [2.75, 3.05) is 5.32 Å². The van der Waals surface area contributed by atoms with Crippen LogP contribution in [0.3, 0.4) is 0 Å². The highest BCUT2D eigenvalue weighted by molar-refractivity contribution is 6.18. The van der Waals surface area contributed by atoms with Crippen molar-refractivity contribution in [2.45, 2.75) is 0 Å². The number of hydrogen-bond donors (Lipinski definition) is 1. The maximum absolute atomic E-state index is 13.0. The average Bonchev–Trinajstić information content (AvgIpc) is 2.73. The van der Waals surface area contributed by atoms with Gasteiger partial charge in [-0.3, -0.25) is 14.8 Å². The molecule has 5 rings (SSSR count). The maximum atomic E-state index is 13.0. The lowest BCUT2D eigenvalue weighted by molar-refractivity contribution is 0.102. The number of anilines is 1. The lowest BCUT2D eigenvalue weighted by Crippen LogP contribution is -2.13. The SMILES string of the molecule is O=C(Nc1cnc2ccccc2c1)c1cc2ccccc2c2cccnc12. The van der Waals surface area contributed by atoms with Crippen LogP contribution in [0.2, 0.25) is 0 Å². The van der Waals surface area contributed by atoms with Crippen molar-refractivity contribution in [2.24, 2.45) is 0 Å². The first kappa shape index (κ1) is 15.5. The Morgan fingerprint density at radius 1 is 0.778 bits per heavy atom. The molecule has 2 heterocycles. The topological polar surface area (TPSA) is 54.9 Å². The Balaban J connectivity index is 1.62. The molecular weight excluding hydrogens is 334 g/mol. The number of rotatable bonds is 2. The van der Waals surface area contributed by atoms with Crippen molar-refractivity contribution in [1.29, 1.82) is 0 Å². The van der Waals surface area contributed by atoms with E-state index in [-0.39, 0.29) is 5.91 Å². The van der Waals surface area contributed by atoms with Gasteiger partial charge in [0.15, 0.2) is 0 Å². The van der Waals surface area contributed by atoms with Crippen molar-refractivity contribution in [3.8, 4) is 0 Å². The Bertz CT molecular complexity index is 1330. The first-order chi connectivity index (χ1) is 13.3. The molecule has 2 aromatic heterocycles. The quantitative estimate of drug-likeness (QED) is 0.446. The van der Waals surface area contributed by atoms with Gasteiger partial charge in [-0.2, -0.15) is 0 Å². The summed E-state index contributed by atoms with van der Waals surface area (Å²) in [5.74, 6) is -0.193. The number of pyridine rings is 2. The number of nitrogens with zero attached hydrogens (tertiary/aromatic N) is 2. The molecule has 128 valence electrons. The van der Waals surface area contributed by atoms with E-state index < -0.39 is 0 Å². The third-order valence-electron chi connectivity index (χ3n) is 4.71. The van der Waals surface area contributed by atoms with Crippen LogP contribution in [-0.4, -0.2) is 15.9 Å². The van der Waals surface area contributed by atoms with Crippen LogP contribution in [0.25, 0.3) is 32.6 Å². The standard InChI is InChI=1S/C23H15N3O/c27-23(26-17-12-16-7-2-4-10-21(16)25-14-17)20-13-15-6-1-3-8-18(15)19-9-5-11-24-22(19)20/h1-14H,(H,26,27). The molecule has 1 amide bonds. The van der Waals surface area contributed by atoms with E-state index in [1.165, 1.54) is 0 Å². The largest absolute Gasteiger partial charge is 0.321 e. The molecule has 3 aromatic carbocycles. The molecule has 5 aromatic rings. The Hall–Kier alpha value is -3.79. The zero-order valence-electron chi connectivity index (χ0n) is 14.4. The Morgan fingerprint density at radius 2 is 1.56 bits per heavy atom. The highest BCUT2D eigenvalue weighted by Crippen LogP contribution is 2.28.